The normalized spacial score (nSPS) is 26.9. The van der Waals surface area contributed by atoms with Gasteiger partial charge in [0.2, 0.25) is 5.91 Å². The number of thiazole rings is 1. The fourth-order valence-electron chi connectivity index (χ4n) is 1.89. The minimum absolute atomic E-state index is 0.0105. The van der Waals surface area contributed by atoms with Gasteiger partial charge in [-0.05, 0) is 5.41 Å². The molecule has 76 valence electrons. The molecule has 2 heterocycles. The van der Waals surface area contributed by atoms with Crippen LogP contribution in [0.5, 0.6) is 0 Å². The Hall–Kier alpha value is -0.900. The van der Waals surface area contributed by atoms with Crippen molar-refractivity contribution >= 4 is 17.2 Å². The Labute approximate surface area is 87.6 Å². The van der Waals surface area contributed by atoms with Crippen molar-refractivity contribution in [2.24, 2.45) is 11.3 Å². The fourth-order valence-corrected chi connectivity index (χ4v) is 2.49. The first-order valence-corrected chi connectivity index (χ1v) is 5.63. The lowest BCUT2D eigenvalue weighted by molar-refractivity contribution is -0.141. The first kappa shape index (κ1) is 9.65. The molecule has 0 spiro atoms. The van der Waals surface area contributed by atoms with Crippen LogP contribution in [-0.2, 0) is 4.79 Å². The summed E-state index contributed by atoms with van der Waals surface area (Å²) in [6.45, 7) is 6.28. The summed E-state index contributed by atoms with van der Waals surface area (Å²) < 4.78 is 0. The molecule has 1 aromatic rings. The molecule has 0 aliphatic carbocycles. The lowest BCUT2D eigenvalue weighted by Gasteiger charge is -2.43. The van der Waals surface area contributed by atoms with Crippen molar-refractivity contribution in [1.29, 1.82) is 0 Å². The van der Waals surface area contributed by atoms with Crippen LogP contribution in [0, 0.1) is 11.3 Å². The Bertz CT molecular complexity index is 340. The molecule has 1 saturated heterocycles. The zero-order valence-electron chi connectivity index (χ0n) is 8.57. The van der Waals surface area contributed by atoms with Crippen molar-refractivity contribution < 1.29 is 4.79 Å². The first-order valence-electron chi connectivity index (χ1n) is 4.68. The fraction of sp³-hybridized carbons (Fsp3) is 0.600. The number of β-lactam (4-membered cyclic amide) rings is 1. The highest BCUT2D eigenvalue weighted by Gasteiger charge is 2.47. The molecule has 0 bridgehead atoms. The summed E-state index contributed by atoms with van der Waals surface area (Å²) in [5.74, 6) is 0.208. The summed E-state index contributed by atoms with van der Waals surface area (Å²) in [4.78, 5) is 15.7. The van der Waals surface area contributed by atoms with Crippen molar-refractivity contribution in [3.05, 3.63) is 16.6 Å². The summed E-state index contributed by atoms with van der Waals surface area (Å²) in [7, 11) is 0. The second-order valence-corrected chi connectivity index (χ2v) is 5.46. The predicted molar refractivity (Wildman–Crippen MR) is 55.9 cm³/mol. The van der Waals surface area contributed by atoms with E-state index >= 15 is 0 Å². The molecule has 0 aromatic carbocycles. The molecule has 1 N–H and O–H groups in total. The van der Waals surface area contributed by atoms with Crippen LogP contribution in [-0.4, -0.2) is 10.9 Å². The van der Waals surface area contributed by atoms with E-state index in [0.29, 0.717) is 0 Å². The van der Waals surface area contributed by atoms with Gasteiger partial charge in [-0.25, -0.2) is 4.98 Å². The van der Waals surface area contributed by atoms with Gasteiger partial charge >= 0.3 is 0 Å². The van der Waals surface area contributed by atoms with Gasteiger partial charge in [-0.3, -0.25) is 4.79 Å². The van der Waals surface area contributed by atoms with E-state index in [-0.39, 0.29) is 23.3 Å². The number of carbonyl (C=O) groups excluding carboxylic acids is 1. The van der Waals surface area contributed by atoms with Gasteiger partial charge in [-0.1, -0.05) is 20.8 Å². The third-order valence-electron chi connectivity index (χ3n) is 2.62. The molecule has 1 fully saturated rings. The summed E-state index contributed by atoms with van der Waals surface area (Å²) in [5, 5.41) is 4.91. The number of rotatable bonds is 1. The van der Waals surface area contributed by atoms with E-state index in [1.165, 1.54) is 0 Å². The smallest absolute Gasteiger partial charge is 0.226 e. The molecule has 2 unspecified atom stereocenters. The monoisotopic (exact) mass is 210 g/mol. The number of nitrogens with zero attached hydrogens (tertiary/aromatic N) is 1. The Morgan fingerprint density at radius 3 is 2.64 bits per heavy atom. The summed E-state index contributed by atoms with van der Waals surface area (Å²) >= 11 is 1.57. The highest BCUT2D eigenvalue weighted by molar-refractivity contribution is 7.07. The van der Waals surface area contributed by atoms with Gasteiger partial charge in [0.1, 0.15) is 0 Å². The number of hydrogen-bond acceptors (Lipinski definition) is 3. The molecule has 2 rings (SSSR count). The average molecular weight is 210 g/mol. The number of carbonyl (C=O) groups is 1. The molecule has 0 saturated carbocycles. The SMILES string of the molecule is CC(C)(C)C1C(=O)NC1c1cscn1. The topological polar surface area (TPSA) is 42.0 Å². The third-order valence-corrected chi connectivity index (χ3v) is 3.22. The minimum Gasteiger partial charge on any atom is -0.347 e. The second-order valence-electron chi connectivity index (χ2n) is 4.74. The highest BCUT2D eigenvalue weighted by atomic mass is 32.1. The standard InChI is InChI=1S/C10H14N2OS/c1-10(2,3)7-8(12-9(7)13)6-4-14-5-11-6/h4-5,7-8H,1-3H3,(H,12,13). The van der Waals surface area contributed by atoms with Crippen LogP contribution in [0.25, 0.3) is 0 Å². The van der Waals surface area contributed by atoms with Gasteiger partial charge in [0.15, 0.2) is 0 Å². The van der Waals surface area contributed by atoms with E-state index in [9.17, 15) is 4.79 Å². The van der Waals surface area contributed by atoms with Crippen LogP contribution in [0.4, 0.5) is 0 Å². The maximum absolute atomic E-state index is 11.4. The van der Waals surface area contributed by atoms with E-state index in [1.54, 1.807) is 16.8 Å². The lowest BCUT2D eigenvalue weighted by Crippen LogP contribution is -2.56. The van der Waals surface area contributed by atoms with Gasteiger partial charge in [0, 0.05) is 5.38 Å². The second kappa shape index (κ2) is 3.05. The van der Waals surface area contributed by atoms with E-state index < -0.39 is 0 Å². The first-order chi connectivity index (χ1) is 6.50. The molecule has 2 atom stereocenters. The largest absolute Gasteiger partial charge is 0.347 e. The molecule has 14 heavy (non-hydrogen) atoms. The van der Waals surface area contributed by atoms with E-state index in [4.69, 9.17) is 0 Å². The molecule has 0 radical (unpaired) electrons. The maximum atomic E-state index is 11.4. The van der Waals surface area contributed by atoms with Gasteiger partial charge in [-0.2, -0.15) is 0 Å². The summed E-state index contributed by atoms with van der Waals surface area (Å²) in [5.41, 5.74) is 2.81. The van der Waals surface area contributed by atoms with Crippen molar-refractivity contribution in [3.8, 4) is 0 Å². The number of nitrogens with one attached hydrogen (secondary N) is 1. The van der Waals surface area contributed by atoms with E-state index in [0.717, 1.165) is 5.69 Å². The van der Waals surface area contributed by atoms with Crippen molar-refractivity contribution in [3.63, 3.8) is 0 Å². The van der Waals surface area contributed by atoms with Crippen LogP contribution in [0.2, 0.25) is 0 Å². The van der Waals surface area contributed by atoms with Gasteiger partial charge < -0.3 is 5.32 Å². The van der Waals surface area contributed by atoms with Crippen LogP contribution in [0.15, 0.2) is 10.9 Å². The van der Waals surface area contributed by atoms with Gasteiger partial charge in [0.05, 0.1) is 23.2 Å². The van der Waals surface area contributed by atoms with Gasteiger partial charge in [0.25, 0.3) is 0 Å². The van der Waals surface area contributed by atoms with Crippen LogP contribution >= 0.6 is 11.3 Å². The molecule has 1 amide bonds. The Kier molecular flexibility index (Phi) is 2.10. The van der Waals surface area contributed by atoms with Crippen LogP contribution < -0.4 is 5.32 Å². The maximum Gasteiger partial charge on any atom is 0.226 e. The van der Waals surface area contributed by atoms with Crippen LogP contribution in [0.1, 0.15) is 32.5 Å². The highest BCUT2D eigenvalue weighted by Crippen LogP contribution is 2.42. The number of hydrogen-bond donors (Lipinski definition) is 1. The lowest BCUT2D eigenvalue weighted by atomic mass is 9.70. The molecular formula is C10H14N2OS. The summed E-state index contributed by atoms with van der Waals surface area (Å²) in [6, 6.07) is 0.119. The molecule has 3 nitrogen and oxygen atoms in total. The van der Waals surface area contributed by atoms with E-state index in [2.05, 4.69) is 31.1 Å². The van der Waals surface area contributed by atoms with Crippen LogP contribution in [0.3, 0.4) is 0 Å². The molecule has 4 heteroatoms. The Balaban J connectivity index is 2.21. The third kappa shape index (κ3) is 1.43. The number of amides is 1. The molecule has 1 aromatic heterocycles. The van der Waals surface area contributed by atoms with E-state index in [1.807, 2.05) is 5.38 Å². The minimum atomic E-state index is 0.0105. The zero-order chi connectivity index (χ0) is 10.3. The van der Waals surface area contributed by atoms with Crippen molar-refractivity contribution in [2.45, 2.75) is 26.8 Å². The molecule has 1 aliphatic rings. The molecular weight excluding hydrogens is 196 g/mol. The quantitative estimate of drug-likeness (QED) is 0.720. The van der Waals surface area contributed by atoms with Gasteiger partial charge in [-0.15, -0.1) is 11.3 Å². The summed E-state index contributed by atoms with van der Waals surface area (Å²) in [6.07, 6.45) is 0. The number of aromatic nitrogens is 1. The average Bonchev–Trinajstić information content (AvgIpc) is 2.47. The van der Waals surface area contributed by atoms with Crippen molar-refractivity contribution in [1.82, 2.24) is 10.3 Å². The Morgan fingerprint density at radius 2 is 2.21 bits per heavy atom. The molecule has 1 aliphatic heterocycles. The van der Waals surface area contributed by atoms with Crippen molar-refractivity contribution in [2.75, 3.05) is 0 Å². The Morgan fingerprint density at radius 1 is 1.50 bits per heavy atom. The predicted octanol–water partition coefficient (Wildman–Crippen LogP) is 1.98. The zero-order valence-corrected chi connectivity index (χ0v) is 9.39.